The molecule has 4 nitrogen and oxygen atoms in total. The zero-order valence-corrected chi connectivity index (χ0v) is 14.3. The maximum absolute atomic E-state index is 12.7. The first-order chi connectivity index (χ1) is 12.1. The van der Waals surface area contributed by atoms with Crippen LogP contribution >= 0.6 is 11.6 Å². The van der Waals surface area contributed by atoms with Gasteiger partial charge < -0.3 is 10.1 Å². The highest BCUT2D eigenvalue weighted by atomic mass is 35.5. The van der Waals surface area contributed by atoms with Gasteiger partial charge in [-0.15, -0.1) is 6.42 Å². The number of nitrogens with one attached hydrogen (secondary N) is 1. The highest BCUT2D eigenvalue weighted by Crippen LogP contribution is 2.20. The Morgan fingerprint density at radius 1 is 1.20 bits per heavy atom. The Morgan fingerprint density at radius 2 is 1.88 bits per heavy atom. The molecule has 0 fully saturated rings. The molecule has 5 heteroatoms. The fourth-order valence-electron chi connectivity index (χ4n) is 2.03. The van der Waals surface area contributed by atoms with E-state index in [-0.39, 0.29) is 22.8 Å². The molecule has 0 saturated heterocycles. The summed E-state index contributed by atoms with van der Waals surface area (Å²) in [6.45, 7) is 1.82. The van der Waals surface area contributed by atoms with Gasteiger partial charge in [-0.25, -0.2) is 4.79 Å². The number of terminal acetylenes is 1. The molecule has 0 aliphatic carbocycles. The number of Topliss-reactive ketones (excluding diaryl/α,β-unsaturated/α-hetero) is 1. The van der Waals surface area contributed by atoms with Gasteiger partial charge in [0.2, 0.25) is 5.78 Å². The van der Waals surface area contributed by atoms with Crippen molar-refractivity contribution in [1.82, 2.24) is 0 Å². The fraction of sp³-hybridized carbons (Fsp3) is 0.100. The molecule has 2 aromatic rings. The van der Waals surface area contributed by atoms with Crippen LogP contribution in [0.1, 0.15) is 22.8 Å². The summed E-state index contributed by atoms with van der Waals surface area (Å²) >= 11 is 6.06. The summed E-state index contributed by atoms with van der Waals surface area (Å²) in [4.78, 5) is 24.9. The minimum absolute atomic E-state index is 0.143. The number of carbonyl (C=O) groups is 2. The van der Waals surface area contributed by atoms with E-state index < -0.39 is 11.8 Å². The van der Waals surface area contributed by atoms with Gasteiger partial charge in [0.15, 0.2) is 0 Å². The molecule has 0 spiro atoms. The third kappa shape index (κ3) is 4.72. The molecular weight excluding hydrogens is 338 g/mol. The maximum Gasteiger partial charge on any atom is 0.343 e. The molecule has 0 aliphatic heterocycles. The summed E-state index contributed by atoms with van der Waals surface area (Å²) in [6, 6.07) is 13.5. The molecule has 0 aliphatic rings. The van der Waals surface area contributed by atoms with Gasteiger partial charge >= 0.3 is 5.97 Å². The number of rotatable bonds is 6. The van der Waals surface area contributed by atoms with Gasteiger partial charge in [0, 0.05) is 23.0 Å². The Bertz CT molecular complexity index is 848. The van der Waals surface area contributed by atoms with Gasteiger partial charge in [0.05, 0.1) is 11.6 Å². The lowest BCUT2D eigenvalue weighted by Crippen LogP contribution is -2.18. The average Bonchev–Trinajstić information content (AvgIpc) is 2.63. The molecule has 0 bridgehead atoms. The molecule has 0 aromatic heterocycles. The third-order valence-electron chi connectivity index (χ3n) is 3.29. The Labute approximate surface area is 151 Å². The van der Waals surface area contributed by atoms with Gasteiger partial charge in [-0.3, -0.25) is 4.79 Å². The van der Waals surface area contributed by atoms with E-state index in [1.54, 1.807) is 55.5 Å². The van der Waals surface area contributed by atoms with Crippen molar-refractivity contribution in [2.75, 3.05) is 11.9 Å². The number of benzene rings is 2. The van der Waals surface area contributed by atoms with Crippen LogP contribution in [0.4, 0.5) is 5.69 Å². The van der Waals surface area contributed by atoms with Gasteiger partial charge in [-0.2, -0.15) is 0 Å². The molecule has 2 aromatic carbocycles. The van der Waals surface area contributed by atoms with E-state index in [0.717, 1.165) is 5.56 Å². The molecule has 2 rings (SSSR count). The molecule has 0 saturated carbocycles. The minimum Gasteiger partial charge on any atom is -0.462 e. The summed E-state index contributed by atoms with van der Waals surface area (Å²) in [7, 11) is 0. The molecule has 1 N–H and O–H groups in total. The second kappa shape index (κ2) is 8.72. The second-order valence-electron chi connectivity index (χ2n) is 4.95. The number of esters is 1. The van der Waals surface area contributed by atoms with Gasteiger partial charge in [-0.1, -0.05) is 29.7 Å². The van der Waals surface area contributed by atoms with Crippen LogP contribution in [-0.2, 0) is 9.53 Å². The fourth-order valence-corrected chi connectivity index (χ4v) is 2.26. The summed E-state index contributed by atoms with van der Waals surface area (Å²) < 4.78 is 4.97. The third-order valence-corrected chi connectivity index (χ3v) is 3.62. The lowest BCUT2D eigenvalue weighted by Gasteiger charge is -2.09. The summed E-state index contributed by atoms with van der Waals surface area (Å²) in [5.74, 6) is 1.27. The van der Waals surface area contributed by atoms with Crippen LogP contribution in [-0.4, -0.2) is 18.4 Å². The van der Waals surface area contributed by atoms with E-state index in [0.29, 0.717) is 5.69 Å². The smallest absolute Gasteiger partial charge is 0.343 e. The van der Waals surface area contributed by atoms with Crippen molar-refractivity contribution >= 4 is 29.0 Å². The monoisotopic (exact) mass is 353 g/mol. The van der Waals surface area contributed by atoms with Crippen LogP contribution in [0.2, 0.25) is 5.02 Å². The Kier molecular flexibility index (Phi) is 6.39. The summed E-state index contributed by atoms with van der Waals surface area (Å²) in [5.41, 5.74) is 1.49. The predicted molar refractivity (Wildman–Crippen MR) is 98.5 cm³/mol. The topological polar surface area (TPSA) is 55.4 Å². The standard InChI is InChI=1S/C20H16ClNO3/c1-3-14-9-11-15(12-10-14)22-13-17(20(24)25-4-2)19(23)16-7-5-6-8-18(16)21/h1,5-13,22H,4H2,2H3/b17-13+. The van der Waals surface area contributed by atoms with Crippen LogP contribution < -0.4 is 5.32 Å². The van der Waals surface area contributed by atoms with Crippen LogP contribution in [0, 0.1) is 12.3 Å². The quantitative estimate of drug-likeness (QED) is 0.212. The first-order valence-corrected chi connectivity index (χ1v) is 7.94. The number of ketones is 1. The second-order valence-corrected chi connectivity index (χ2v) is 5.36. The molecule has 0 atom stereocenters. The van der Waals surface area contributed by atoms with Gasteiger partial charge in [0.1, 0.15) is 5.57 Å². The van der Waals surface area contributed by atoms with Crippen LogP contribution in [0.3, 0.4) is 0 Å². The van der Waals surface area contributed by atoms with Crippen molar-refractivity contribution in [3.05, 3.63) is 76.5 Å². The van der Waals surface area contributed by atoms with Crippen LogP contribution in [0.15, 0.2) is 60.3 Å². The largest absolute Gasteiger partial charge is 0.462 e. The number of carbonyl (C=O) groups excluding carboxylic acids is 2. The van der Waals surface area contributed by atoms with Crippen LogP contribution in [0.25, 0.3) is 0 Å². The Balaban J connectivity index is 2.31. The Morgan fingerprint density at radius 3 is 2.48 bits per heavy atom. The maximum atomic E-state index is 12.7. The number of halogens is 1. The molecule has 0 unspecified atom stereocenters. The van der Waals surface area contributed by atoms with E-state index in [1.807, 2.05) is 0 Å². The molecular formula is C20H16ClNO3. The van der Waals surface area contributed by atoms with Crippen molar-refractivity contribution in [2.45, 2.75) is 6.92 Å². The zero-order chi connectivity index (χ0) is 18.2. The number of anilines is 1. The normalized spacial score (nSPS) is 10.7. The van der Waals surface area contributed by atoms with E-state index >= 15 is 0 Å². The van der Waals surface area contributed by atoms with Crippen molar-refractivity contribution in [1.29, 1.82) is 0 Å². The highest BCUT2D eigenvalue weighted by molar-refractivity contribution is 6.36. The lowest BCUT2D eigenvalue weighted by molar-refractivity contribution is -0.138. The zero-order valence-electron chi connectivity index (χ0n) is 13.6. The van der Waals surface area contributed by atoms with Gasteiger partial charge in [-0.05, 0) is 43.3 Å². The molecule has 0 heterocycles. The van der Waals surface area contributed by atoms with E-state index in [2.05, 4.69) is 11.2 Å². The van der Waals surface area contributed by atoms with Crippen molar-refractivity contribution < 1.29 is 14.3 Å². The van der Waals surface area contributed by atoms with Crippen LogP contribution in [0.5, 0.6) is 0 Å². The predicted octanol–water partition coefficient (Wildman–Crippen LogP) is 4.06. The minimum atomic E-state index is -0.722. The van der Waals surface area contributed by atoms with Gasteiger partial charge in [0.25, 0.3) is 0 Å². The number of hydrogen-bond donors (Lipinski definition) is 1. The van der Waals surface area contributed by atoms with Crippen molar-refractivity contribution in [2.24, 2.45) is 0 Å². The Hall–Kier alpha value is -3.03. The number of ether oxygens (including phenoxy) is 1. The summed E-state index contributed by atoms with van der Waals surface area (Å²) in [6.07, 6.45) is 6.63. The number of hydrogen-bond acceptors (Lipinski definition) is 4. The molecule has 0 amide bonds. The van der Waals surface area contributed by atoms with E-state index in [1.165, 1.54) is 6.20 Å². The first-order valence-electron chi connectivity index (χ1n) is 7.56. The lowest BCUT2D eigenvalue weighted by atomic mass is 10.0. The van der Waals surface area contributed by atoms with E-state index in [9.17, 15) is 9.59 Å². The van der Waals surface area contributed by atoms with Crippen molar-refractivity contribution in [3.63, 3.8) is 0 Å². The average molecular weight is 354 g/mol. The highest BCUT2D eigenvalue weighted by Gasteiger charge is 2.22. The SMILES string of the molecule is C#Cc1ccc(N/C=C(/C(=O)OCC)C(=O)c2ccccc2Cl)cc1. The molecule has 126 valence electrons. The summed E-state index contributed by atoms with van der Waals surface area (Å²) in [5, 5.41) is 3.17. The van der Waals surface area contributed by atoms with Crippen molar-refractivity contribution in [3.8, 4) is 12.3 Å². The van der Waals surface area contributed by atoms with E-state index in [4.69, 9.17) is 22.8 Å². The molecule has 0 radical (unpaired) electrons. The molecule has 25 heavy (non-hydrogen) atoms. The first kappa shape index (κ1) is 18.3.